The zero-order valence-electron chi connectivity index (χ0n) is 13.5. The summed E-state index contributed by atoms with van der Waals surface area (Å²) in [5.74, 6) is 1.00. The maximum Gasteiger partial charge on any atom is 0.126 e. The third-order valence-electron chi connectivity index (χ3n) is 4.41. The van der Waals surface area contributed by atoms with Gasteiger partial charge in [0.25, 0.3) is 0 Å². The zero-order chi connectivity index (χ0) is 15.4. The Morgan fingerprint density at radius 2 is 2.24 bits per heavy atom. The highest BCUT2D eigenvalue weighted by atomic mass is 79.9. The summed E-state index contributed by atoms with van der Waals surface area (Å²) in [7, 11) is 3.78. The average Bonchev–Trinajstić information content (AvgIpc) is 2.97. The molecular weight excluding hydrogens is 330 g/mol. The topological polar surface area (TPSA) is 30.5 Å². The van der Waals surface area contributed by atoms with Crippen LogP contribution in [0.15, 0.2) is 10.5 Å². The second-order valence-corrected chi connectivity index (χ2v) is 6.66. The number of halogens is 1. The van der Waals surface area contributed by atoms with E-state index >= 15 is 0 Å². The van der Waals surface area contributed by atoms with Crippen LogP contribution in [0.1, 0.15) is 48.4 Å². The van der Waals surface area contributed by atoms with Gasteiger partial charge in [0.05, 0.1) is 13.2 Å². The van der Waals surface area contributed by atoms with Crippen molar-refractivity contribution in [1.82, 2.24) is 5.32 Å². The second-order valence-electron chi connectivity index (χ2n) is 5.80. The van der Waals surface area contributed by atoms with Crippen LogP contribution in [-0.2, 0) is 4.74 Å². The lowest BCUT2D eigenvalue weighted by atomic mass is 9.93. The summed E-state index contributed by atoms with van der Waals surface area (Å²) in [5.41, 5.74) is 3.69. The number of nitrogens with one attached hydrogen (secondary N) is 1. The van der Waals surface area contributed by atoms with Gasteiger partial charge in [0.15, 0.2) is 0 Å². The van der Waals surface area contributed by atoms with Gasteiger partial charge in [-0.25, -0.2) is 0 Å². The molecule has 0 amide bonds. The summed E-state index contributed by atoms with van der Waals surface area (Å²) >= 11 is 3.67. The van der Waals surface area contributed by atoms with Gasteiger partial charge in [0.2, 0.25) is 0 Å². The molecule has 21 heavy (non-hydrogen) atoms. The van der Waals surface area contributed by atoms with Crippen molar-refractivity contribution in [2.45, 2.75) is 51.7 Å². The van der Waals surface area contributed by atoms with Crippen LogP contribution in [0.3, 0.4) is 0 Å². The molecule has 0 aromatic heterocycles. The number of benzene rings is 1. The molecule has 0 saturated carbocycles. The van der Waals surface area contributed by atoms with Crippen LogP contribution in [0, 0.1) is 13.8 Å². The Hall–Kier alpha value is -0.580. The molecule has 118 valence electrons. The number of hydrogen-bond acceptors (Lipinski definition) is 3. The van der Waals surface area contributed by atoms with Crippen molar-refractivity contribution >= 4 is 15.9 Å². The molecule has 1 aliphatic rings. The van der Waals surface area contributed by atoms with E-state index < -0.39 is 0 Å². The molecule has 2 atom stereocenters. The van der Waals surface area contributed by atoms with Crippen molar-refractivity contribution in [3.05, 3.63) is 27.2 Å². The summed E-state index contributed by atoms with van der Waals surface area (Å²) in [5, 5.41) is 3.46. The van der Waals surface area contributed by atoms with Crippen LogP contribution >= 0.6 is 15.9 Å². The first-order chi connectivity index (χ1) is 10.1. The van der Waals surface area contributed by atoms with Crippen LogP contribution in [0.2, 0.25) is 0 Å². The Bertz CT molecular complexity index is 484. The quantitative estimate of drug-likeness (QED) is 0.825. The van der Waals surface area contributed by atoms with E-state index in [4.69, 9.17) is 9.47 Å². The fraction of sp³-hybridized carbons (Fsp3) is 0.647. The summed E-state index contributed by atoms with van der Waals surface area (Å²) in [6, 6.07) is 2.42. The van der Waals surface area contributed by atoms with Crippen molar-refractivity contribution < 1.29 is 9.47 Å². The smallest absolute Gasteiger partial charge is 0.126 e. The monoisotopic (exact) mass is 355 g/mol. The Morgan fingerprint density at radius 3 is 2.81 bits per heavy atom. The molecule has 1 aromatic carbocycles. The third kappa shape index (κ3) is 3.79. The van der Waals surface area contributed by atoms with E-state index in [9.17, 15) is 0 Å². The van der Waals surface area contributed by atoms with Crippen molar-refractivity contribution in [3.8, 4) is 5.75 Å². The average molecular weight is 356 g/mol. The molecule has 1 saturated heterocycles. The minimum absolute atomic E-state index is 0.292. The number of methoxy groups -OCH3 is 1. The molecule has 0 spiro atoms. The van der Waals surface area contributed by atoms with Crippen molar-refractivity contribution in [3.63, 3.8) is 0 Å². The van der Waals surface area contributed by atoms with E-state index in [1.54, 1.807) is 7.11 Å². The minimum atomic E-state index is 0.292. The van der Waals surface area contributed by atoms with Crippen LogP contribution in [0.4, 0.5) is 0 Å². The summed E-state index contributed by atoms with van der Waals surface area (Å²) in [6.45, 7) is 5.17. The molecule has 2 rings (SSSR count). The SMILES string of the molecule is CNC(CCC1CCCO1)c1c(C)c(Br)cc(C)c1OC. The summed E-state index contributed by atoms with van der Waals surface area (Å²) < 4.78 is 12.6. The number of ether oxygens (including phenoxy) is 2. The zero-order valence-corrected chi connectivity index (χ0v) is 15.0. The second kappa shape index (κ2) is 7.61. The predicted molar refractivity (Wildman–Crippen MR) is 90.2 cm³/mol. The van der Waals surface area contributed by atoms with Gasteiger partial charge in [-0.2, -0.15) is 0 Å². The predicted octanol–water partition coefficient (Wildman–Crippen LogP) is 4.29. The normalized spacial score (nSPS) is 19.8. The number of aryl methyl sites for hydroxylation is 1. The van der Waals surface area contributed by atoms with Crippen molar-refractivity contribution in [2.75, 3.05) is 20.8 Å². The van der Waals surface area contributed by atoms with E-state index in [0.29, 0.717) is 12.1 Å². The van der Waals surface area contributed by atoms with Gasteiger partial charge in [0.1, 0.15) is 5.75 Å². The van der Waals surface area contributed by atoms with Crippen LogP contribution in [0.5, 0.6) is 5.75 Å². The Balaban J connectivity index is 2.23. The molecule has 3 nitrogen and oxygen atoms in total. The first-order valence-electron chi connectivity index (χ1n) is 7.71. The van der Waals surface area contributed by atoms with Gasteiger partial charge in [-0.3, -0.25) is 0 Å². The van der Waals surface area contributed by atoms with Crippen molar-refractivity contribution in [2.24, 2.45) is 0 Å². The lowest BCUT2D eigenvalue weighted by Crippen LogP contribution is -2.21. The molecule has 0 aliphatic carbocycles. The summed E-state index contributed by atoms with van der Waals surface area (Å²) in [6.07, 6.45) is 4.99. The highest BCUT2D eigenvalue weighted by molar-refractivity contribution is 9.10. The summed E-state index contributed by atoms with van der Waals surface area (Å²) in [4.78, 5) is 0. The van der Waals surface area contributed by atoms with Gasteiger partial charge >= 0.3 is 0 Å². The molecule has 4 heteroatoms. The number of hydrogen-bond donors (Lipinski definition) is 1. The van der Waals surface area contributed by atoms with E-state index in [0.717, 1.165) is 29.7 Å². The van der Waals surface area contributed by atoms with Gasteiger partial charge < -0.3 is 14.8 Å². The lowest BCUT2D eigenvalue weighted by Gasteiger charge is -2.24. The molecule has 2 unspecified atom stereocenters. The fourth-order valence-electron chi connectivity index (χ4n) is 3.22. The Morgan fingerprint density at radius 1 is 1.48 bits per heavy atom. The third-order valence-corrected chi connectivity index (χ3v) is 5.23. The van der Waals surface area contributed by atoms with Crippen LogP contribution in [0.25, 0.3) is 0 Å². The maximum atomic E-state index is 5.75. The Labute approximate surface area is 136 Å². The first-order valence-corrected chi connectivity index (χ1v) is 8.50. The molecule has 1 fully saturated rings. The molecule has 1 heterocycles. The van der Waals surface area contributed by atoms with Crippen molar-refractivity contribution in [1.29, 1.82) is 0 Å². The largest absolute Gasteiger partial charge is 0.496 e. The van der Waals surface area contributed by atoms with E-state index in [-0.39, 0.29) is 0 Å². The first kappa shape index (κ1) is 16.8. The van der Waals surface area contributed by atoms with Crippen LogP contribution in [-0.4, -0.2) is 26.9 Å². The lowest BCUT2D eigenvalue weighted by molar-refractivity contribution is 0.0997. The molecule has 0 bridgehead atoms. The highest BCUT2D eigenvalue weighted by Gasteiger charge is 2.23. The molecular formula is C17H26BrNO2. The van der Waals surface area contributed by atoms with E-state index in [1.165, 1.54) is 29.5 Å². The minimum Gasteiger partial charge on any atom is -0.496 e. The standard InChI is InChI=1S/C17H26BrNO2/c1-11-10-14(18)12(2)16(17(11)20-4)15(19-3)8-7-13-6-5-9-21-13/h10,13,15,19H,5-9H2,1-4H3. The van der Waals surface area contributed by atoms with Gasteiger partial charge in [0, 0.05) is 22.7 Å². The van der Waals surface area contributed by atoms with Gasteiger partial charge in [-0.15, -0.1) is 0 Å². The maximum absolute atomic E-state index is 5.75. The van der Waals surface area contributed by atoms with Gasteiger partial charge in [-0.05, 0) is 63.8 Å². The van der Waals surface area contributed by atoms with Gasteiger partial charge in [-0.1, -0.05) is 15.9 Å². The fourth-order valence-corrected chi connectivity index (χ4v) is 3.78. The Kier molecular flexibility index (Phi) is 6.08. The highest BCUT2D eigenvalue weighted by Crippen LogP contribution is 2.38. The molecule has 1 aromatic rings. The van der Waals surface area contributed by atoms with E-state index in [2.05, 4.69) is 41.2 Å². The molecule has 1 N–H and O–H groups in total. The van der Waals surface area contributed by atoms with E-state index in [1.807, 2.05) is 7.05 Å². The molecule has 1 aliphatic heterocycles. The molecule has 0 radical (unpaired) electrons. The van der Waals surface area contributed by atoms with Crippen LogP contribution < -0.4 is 10.1 Å². The number of rotatable bonds is 6.